The number of amides is 1. The first-order valence-electron chi connectivity index (χ1n) is 10.2. The van der Waals surface area contributed by atoms with Crippen molar-refractivity contribution in [1.29, 1.82) is 0 Å². The molecule has 8 nitrogen and oxygen atoms in total. The highest BCUT2D eigenvalue weighted by molar-refractivity contribution is 5.83. The largest absolute Gasteiger partial charge is 0.480 e. The monoisotopic (exact) mass is 428 g/mol. The van der Waals surface area contributed by atoms with E-state index >= 15 is 0 Å². The SMILES string of the molecule is O=C(N[C@@H](Cc1n[nH]c2ncccc12)C(=O)O)OCC1c2ccccc2-c2ccccc21. The van der Waals surface area contributed by atoms with Gasteiger partial charge >= 0.3 is 12.1 Å². The van der Waals surface area contributed by atoms with E-state index in [-0.39, 0.29) is 18.9 Å². The van der Waals surface area contributed by atoms with Crippen molar-refractivity contribution in [2.45, 2.75) is 18.4 Å². The number of H-pyrrole nitrogens is 1. The maximum Gasteiger partial charge on any atom is 0.407 e. The molecule has 0 saturated carbocycles. The molecule has 4 aromatic rings. The van der Waals surface area contributed by atoms with Gasteiger partial charge in [0.15, 0.2) is 5.65 Å². The second kappa shape index (κ2) is 8.14. The third kappa shape index (κ3) is 3.56. The maximum absolute atomic E-state index is 12.5. The van der Waals surface area contributed by atoms with Crippen LogP contribution in [0.4, 0.5) is 4.79 Å². The number of pyridine rings is 1. The molecule has 0 saturated heterocycles. The smallest absolute Gasteiger partial charge is 0.407 e. The zero-order valence-electron chi connectivity index (χ0n) is 17.0. The highest BCUT2D eigenvalue weighted by atomic mass is 16.5. The fourth-order valence-corrected chi connectivity index (χ4v) is 4.24. The summed E-state index contributed by atoms with van der Waals surface area (Å²) in [7, 11) is 0. The first-order chi connectivity index (χ1) is 15.6. The summed E-state index contributed by atoms with van der Waals surface area (Å²) in [5.41, 5.74) is 5.50. The van der Waals surface area contributed by atoms with E-state index in [1.54, 1.807) is 18.3 Å². The molecule has 8 heteroatoms. The third-order valence-corrected chi connectivity index (χ3v) is 5.75. The molecule has 0 fully saturated rings. The molecule has 32 heavy (non-hydrogen) atoms. The molecule has 0 radical (unpaired) electrons. The van der Waals surface area contributed by atoms with Crippen LogP contribution < -0.4 is 5.32 Å². The molecule has 3 N–H and O–H groups in total. The van der Waals surface area contributed by atoms with Gasteiger partial charge in [-0.3, -0.25) is 5.10 Å². The quantitative estimate of drug-likeness (QED) is 0.433. The van der Waals surface area contributed by atoms with Crippen molar-refractivity contribution < 1.29 is 19.4 Å². The van der Waals surface area contributed by atoms with Crippen LogP contribution in [-0.2, 0) is 16.0 Å². The molecule has 2 aromatic carbocycles. The Bertz CT molecular complexity index is 1270. The molecular weight excluding hydrogens is 408 g/mol. The summed E-state index contributed by atoms with van der Waals surface area (Å²) in [5, 5.41) is 19.7. The number of nitrogens with one attached hydrogen (secondary N) is 2. The lowest BCUT2D eigenvalue weighted by Crippen LogP contribution is -2.43. The number of nitrogens with zero attached hydrogens (tertiary/aromatic N) is 2. The van der Waals surface area contributed by atoms with Crippen LogP contribution in [0, 0.1) is 0 Å². The number of carboxylic acids is 1. The molecular formula is C24H20N4O4. The number of aromatic nitrogens is 3. The van der Waals surface area contributed by atoms with E-state index in [9.17, 15) is 14.7 Å². The summed E-state index contributed by atoms with van der Waals surface area (Å²) in [6.45, 7) is 0.113. The predicted octanol–water partition coefficient (Wildman–Crippen LogP) is 3.49. The van der Waals surface area contributed by atoms with Gasteiger partial charge in [0.1, 0.15) is 12.6 Å². The van der Waals surface area contributed by atoms with Crippen LogP contribution in [0.25, 0.3) is 22.2 Å². The average Bonchev–Trinajstić information content (AvgIpc) is 3.36. The Labute approximate surface area is 183 Å². The molecule has 2 heterocycles. The van der Waals surface area contributed by atoms with Gasteiger partial charge < -0.3 is 15.2 Å². The van der Waals surface area contributed by atoms with Crippen molar-refractivity contribution in [2.24, 2.45) is 0 Å². The van der Waals surface area contributed by atoms with E-state index in [0.29, 0.717) is 16.7 Å². The van der Waals surface area contributed by atoms with E-state index in [2.05, 4.69) is 32.6 Å². The van der Waals surface area contributed by atoms with Gasteiger partial charge in [-0.2, -0.15) is 5.10 Å². The number of ether oxygens (including phenoxy) is 1. The molecule has 1 atom stereocenters. The minimum atomic E-state index is -1.18. The van der Waals surface area contributed by atoms with Crippen molar-refractivity contribution >= 4 is 23.1 Å². The third-order valence-electron chi connectivity index (χ3n) is 5.75. The van der Waals surface area contributed by atoms with E-state index in [1.807, 2.05) is 36.4 Å². The van der Waals surface area contributed by atoms with Crippen molar-refractivity contribution in [2.75, 3.05) is 6.61 Å². The van der Waals surface area contributed by atoms with E-state index in [4.69, 9.17) is 4.74 Å². The number of hydrogen-bond donors (Lipinski definition) is 3. The van der Waals surface area contributed by atoms with Gasteiger partial charge in [-0.15, -0.1) is 0 Å². The number of alkyl carbamates (subject to hydrolysis) is 1. The summed E-state index contributed by atoms with van der Waals surface area (Å²) in [4.78, 5) is 28.4. The second-order valence-corrected chi connectivity index (χ2v) is 7.63. The number of carbonyl (C=O) groups is 2. The minimum absolute atomic E-state index is 0.00518. The predicted molar refractivity (Wildman–Crippen MR) is 117 cm³/mol. The van der Waals surface area contributed by atoms with Gasteiger partial charge in [-0.05, 0) is 34.4 Å². The van der Waals surface area contributed by atoms with Crippen LogP contribution in [0.5, 0.6) is 0 Å². The van der Waals surface area contributed by atoms with Crippen molar-refractivity contribution in [3.63, 3.8) is 0 Å². The number of fused-ring (bicyclic) bond motifs is 4. The van der Waals surface area contributed by atoms with E-state index < -0.39 is 18.1 Å². The fourth-order valence-electron chi connectivity index (χ4n) is 4.24. The van der Waals surface area contributed by atoms with Crippen LogP contribution in [0.2, 0.25) is 0 Å². The van der Waals surface area contributed by atoms with Gasteiger partial charge in [-0.25, -0.2) is 14.6 Å². The Morgan fingerprint density at radius 1 is 1.03 bits per heavy atom. The summed E-state index contributed by atoms with van der Waals surface area (Å²) in [6.07, 6.45) is 0.844. The topological polar surface area (TPSA) is 117 Å². The first kappa shape index (κ1) is 19.7. The van der Waals surface area contributed by atoms with Gasteiger partial charge in [0.05, 0.1) is 5.69 Å². The van der Waals surface area contributed by atoms with Crippen LogP contribution >= 0.6 is 0 Å². The average molecular weight is 428 g/mol. The first-order valence-corrected chi connectivity index (χ1v) is 10.2. The Morgan fingerprint density at radius 2 is 1.72 bits per heavy atom. The molecule has 1 aliphatic carbocycles. The van der Waals surface area contributed by atoms with Gasteiger partial charge in [0.2, 0.25) is 0 Å². The highest BCUT2D eigenvalue weighted by Gasteiger charge is 2.30. The van der Waals surface area contributed by atoms with Gasteiger partial charge in [0, 0.05) is 23.9 Å². The van der Waals surface area contributed by atoms with Crippen LogP contribution in [0.3, 0.4) is 0 Å². The number of hydrogen-bond acceptors (Lipinski definition) is 5. The molecule has 0 bridgehead atoms. The fraction of sp³-hybridized carbons (Fsp3) is 0.167. The zero-order chi connectivity index (χ0) is 22.1. The standard InChI is InChI=1S/C24H20N4O4/c29-23(30)21(12-20-18-10-5-11-25-22(18)28-27-20)26-24(31)32-13-19-16-8-3-1-6-14(16)15-7-2-4-9-17(15)19/h1-11,19,21H,12-13H2,(H,26,31)(H,29,30)(H,25,27,28)/t21-/m0/s1. The molecule has 2 aromatic heterocycles. The van der Waals surface area contributed by atoms with Crippen molar-refractivity contribution in [3.8, 4) is 11.1 Å². The molecule has 0 unspecified atom stereocenters. The zero-order valence-corrected chi connectivity index (χ0v) is 17.0. The Balaban J connectivity index is 1.28. The number of carboxylic acid groups (broad SMARTS) is 1. The molecule has 5 rings (SSSR count). The van der Waals surface area contributed by atoms with Crippen LogP contribution in [0.1, 0.15) is 22.7 Å². The lowest BCUT2D eigenvalue weighted by atomic mass is 9.98. The highest BCUT2D eigenvalue weighted by Crippen LogP contribution is 2.44. The molecule has 160 valence electrons. The van der Waals surface area contributed by atoms with Crippen molar-refractivity contribution in [1.82, 2.24) is 20.5 Å². The molecule has 0 aliphatic heterocycles. The van der Waals surface area contributed by atoms with Crippen LogP contribution in [0.15, 0.2) is 66.9 Å². The summed E-state index contributed by atoms with van der Waals surface area (Å²) < 4.78 is 5.47. The Hall–Kier alpha value is -4.20. The summed E-state index contributed by atoms with van der Waals surface area (Å²) >= 11 is 0. The lowest BCUT2D eigenvalue weighted by Gasteiger charge is -2.17. The Kier molecular flexibility index (Phi) is 5.03. The lowest BCUT2D eigenvalue weighted by molar-refractivity contribution is -0.139. The van der Waals surface area contributed by atoms with Gasteiger partial charge in [0.25, 0.3) is 0 Å². The summed E-state index contributed by atoms with van der Waals surface area (Å²) in [6, 6.07) is 18.4. The Morgan fingerprint density at radius 3 is 2.41 bits per heavy atom. The normalized spacial score (nSPS) is 13.4. The maximum atomic E-state index is 12.5. The molecule has 1 amide bonds. The molecule has 0 spiro atoms. The van der Waals surface area contributed by atoms with Crippen LogP contribution in [-0.4, -0.2) is 45.0 Å². The van der Waals surface area contributed by atoms with E-state index in [1.165, 1.54) is 0 Å². The van der Waals surface area contributed by atoms with Crippen molar-refractivity contribution in [3.05, 3.63) is 83.7 Å². The number of carbonyl (C=O) groups excluding carboxylic acids is 1. The number of aliphatic carboxylic acids is 1. The van der Waals surface area contributed by atoms with E-state index in [0.717, 1.165) is 22.3 Å². The summed E-state index contributed by atoms with van der Waals surface area (Å²) in [5.74, 6) is -1.27. The number of aromatic amines is 1. The second-order valence-electron chi connectivity index (χ2n) is 7.63. The minimum Gasteiger partial charge on any atom is -0.480 e. The number of rotatable bonds is 6. The number of benzene rings is 2. The molecule has 1 aliphatic rings. The van der Waals surface area contributed by atoms with Gasteiger partial charge in [-0.1, -0.05) is 48.5 Å².